The van der Waals surface area contributed by atoms with Crippen LogP contribution in [-0.2, 0) is 16.0 Å². The topological polar surface area (TPSA) is 65.7 Å². The van der Waals surface area contributed by atoms with Crippen molar-refractivity contribution in [3.8, 4) is 5.75 Å². The summed E-state index contributed by atoms with van der Waals surface area (Å²) in [6.45, 7) is 1.65. The lowest BCUT2D eigenvalue weighted by Gasteiger charge is -2.06. The number of fused-ring (bicyclic) bond motifs is 1. The van der Waals surface area contributed by atoms with Gasteiger partial charge >= 0.3 is 11.6 Å². The summed E-state index contributed by atoms with van der Waals surface area (Å²) < 4.78 is 14.7. The van der Waals surface area contributed by atoms with Gasteiger partial charge in [-0.2, -0.15) is 0 Å². The first-order chi connectivity index (χ1) is 7.11. The largest absolute Gasteiger partial charge is 0.478 e. The van der Waals surface area contributed by atoms with E-state index in [1.807, 2.05) is 0 Å². The molecule has 5 nitrogen and oxygen atoms in total. The molecule has 0 bridgehead atoms. The van der Waals surface area contributed by atoms with Crippen LogP contribution < -0.4 is 10.4 Å². The third-order valence-corrected chi connectivity index (χ3v) is 2.25. The summed E-state index contributed by atoms with van der Waals surface area (Å²) >= 11 is 0. The van der Waals surface area contributed by atoms with E-state index < -0.39 is 17.7 Å². The lowest BCUT2D eigenvalue weighted by Crippen LogP contribution is -2.26. The van der Waals surface area contributed by atoms with E-state index in [-0.39, 0.29) is 6.42 Å². The van der Waals surface area contributed by atoms with E-state index >= 15 is 0 Å². The van der Waals surface area contributed by atoms with Gasteiger partial charge in [-0.25, -0.2) is 9.59 Å². The second-order valence-electron chi connectivity index (χ2n) is 3.32. The van der Waals surface area contributed by atoms with Crippen molar-refractivity contribution in [1.82, 2.24) is 0 Å². The van der Waals surface area contributed by atoms with Crippen molar-refractivity contribution in [2.75, 3.05) is 7.11 Å². The van der Waals surface area contributed by atoms with Gasteiger partial charge in [-0.1, -0.05) is 0 Å². The minimum atomic E-state index is -0.727. The molecule has 0 aromatic carbocycles. The highest BCUT2D eigenvalue weighted by molar-refractivity contribution is 5.76. The molecule has 0 saturated carbocycles. The van der Waals surface area contributed by atoms with E-state index in [0.29, 0.717) is 17.1 Å². The van der Waals surface area contributed by atoms with E-state index in [9.17, 15) is 9.59 Å². The Balaban J connectivity index is 2.35. The zero-order valence-electron chi connectivity index (χ0n) is 8.40. The number of rotatable bonds is 1. The van der Waals surface area contributed by atoms with Crippen molar-refractivity contribution in [2.45, 2.75) is 19.4 Å². The summed E-state index contributed by atoms with van der Waals surface area (Å²) in [4.78, 5) is 22.6. The Labute approximate surface area is 85.6 Å². The Morgan fingerprint density at radius 2 is 2.33 bits per heavy atom. The number of esters is 1. The van der Waals surface area contributed by atoms with Crippen LogP contribution in [0.1, 0.15) is 11.3 Å². The molecular weight excluding hydrogens is 200 g/mol. The smallest absolute Gasteiger partial charge is 0.347 e. The predicted octanol–water partition coefficient (Wildman–Crippen LogP) is 0.425. The van der Waals surface area contributed by atoms with E-state index in [1.165, 1.54) is 7.11 Å². The number of hydrogen-bond acceptors (Lipinski definition) is 5. The van der Waals surface area contributed by atoms with Gasteiger partial charge in [-0.05, 0) is 6.92 Å². The van der Waals surface area contributed by atoms with E-state index in [1.54, 1.807) is 13.0 Å². The van der Waals surface area contributed by atoms with Crippen LogP contribution in [0.4, 0.5) is 0 Å². The summed E-state index contributed by atoms with van der Waals surface area (Å²) in [7, 11) is 1.28. The maximum Gasteiger partial charge on any atom is 0.347 e. The van der Waals surface area contributed by atoms with Crippen LogP contribution in [0.25, 0.3) is 0 Å². The maximum absolute atomic E-state index is 11.4. The van der Waals surface area contributed by atoms with Crippen molar-refractivity contribution in [3.63, 3.8) is 0 Å². The third-order valence-electron chi connectivity index (χ3n) is 2.25. The molecule has 0 aliphatic carbocycles. The molecule has 0 amide bonds. The molecule has 1 aliphatic rings. The lowest BCUT2D eigenvalue weighted by molar-refractivity contribution is -0.147. The molecule has 80 valence electrons. The molecule has 1 aromatic rings. The number of ether oxygens (including phenoxy) is 2. The SMILES string of the molecule is COC(=O)C1Cc2c(cc(C)oc2=O)O1. The zero-order valence-corrected chi connectivity index (χ0v) is 8.40. The van der Waals surface area contributed by atoms with Crippen LogP contribution in [0.15, 0.2) is 15.3 Å². The summed E-state index contributed by atoms with van der Waals surface area (Å²) in [5, 5.41) is 0. The molecule has 0 fully saturated rings. The predicted molar refractivity (Wildman–Crippen MR) is 49.9 cm³/mol. The van der Waals surface area contributed by atoms with Crippen LogP contribution >= 0.6 is 0 Å². The first-order valence-electron chi connectivity index (χ1n) is 4.50. The molecule has 0 radical (unpaired) electrons. The Bertz CT molecular complexity index is 459. The number of carbonyl (C=O) groups is 1. The lowest BCUT2D eigenvalue weighted by atomic mass is 10.1. The van der Waals surface area contributed by atoms with Crippen LogP contribution in [-0.4, -0.2) is 19.2 Å². The Hall–Kier alpha value is -1.78. The second kappa shape index (κ2) is 3.42. The second-order valence-corrected chi connectivity index (χ2v) is 3.32. The number of carbonyl (C=O) groups excluding carboxylic acids is 1. The normalized spacial score (nSPS) is 18.1. The summed E-state index contributed by atoms with van der Waals surface area (Å²) in [5.74, 6) is 0.395. The molecule has 5 heteroatoms. The summed E-state index contributed by atoms with van der Waals surface area (Å²) in [6, 6.07) is 1.60. The molecular formula is C10H10O5. The van der Waals surface area contributed by atoms with Crippen molar-refractivity contribution < 1.29 is 18.7 Å². The van der Waals surface area contributed by atoms with Gasteiger partial charge in [0.05, 0.1) is 12.7 Å². The minimum Gasteiger partial charge on any atom is -0.478 e. The van der Waals surface area contributed by atoms with Crippen molar-refractivity contribution >= 4 is 5.97 Å². The Morgan fingerprint density at radius 1 is 1.60 bits per heavy atom. The standard InChI is InChI=1S/C10H10O5/c1-5-3-7-6(9(11)14-5)4-8(15-7)10(12)13-2/h3,8H,4H2,1-2H3. The number of hydrogen-bond donors (Lipinski definition) is 0. The molecule has 2 rings (SSSR count). The van der Waals surface area contributed by atoms with Gasteiger partial charge in [0.1, 0.15) is 11.5 Å². The fourth-order valence-electron chi connectivity index (χ4n) is 1.54. The summed E-state index contributed by atoms with van der Waals surface area (Å²) in [6.07, 6.45) is -0.514. The van der Waals surface area contributed by atoms with Crippen molar-refractivity contribution in [3.05, 3.63) is 27.8 Å². The average Bonchev–Trinajstić information content (AvgIpc) is 2.60. The van der Waals surface area contributed by atoms with Gasteiger partial charge in [0.25, 0.3) is 0 Å². The monoisotopic (exact) mass is 210 g/mol. The Kier molecular flexibility index (Phi) is 2.22. The first-order valence-corrected chi connectivity index (χ1v) is 4.50. The minimum absolute atomic E-state index is 0.213. The first kappa shape index (κ1) is 9.76. The molecule has 1 aromatic heterocycles. The highest BCUT2D eigenvalue weighted by Gasteiger charge is 2.32. The van der Waals surface area contributed by atoms with Gasteiger partial charge in [-0.3, -0.25) is 0 Å². The highest BCUT2D eigenvalue weighted by atomic mass is 16.6. The molecule has 0 saturated heterocycles. The van der Waals surface area contributed by atoms with Gasteiger partial charge in [0, 0.05) is 12.5 Å². The van der Waals surface area contributed by atoms with Crippen LogP contribution in [0.2, 0.25) is 0 Å². The molecule has 2 heterocycles. The van der Waals surface area contributed by atoms with Crippen LogP contribution in [0.3, 0.4) is 0 Å². The van der Waals surface area contributed by atoms with E-state index in [2.05, 4.69) is 4.74 Å². The molecule has 0 N–H and O–H groups in total. The molecule has 15 heavy (non-hydrogen) atoms. The fraction of sp³-hybridized carbons (Fsp3) is 0.400. The van der Waals surface area contributed by atoms with E-state index in [4.69, 9.17) is 9.15 Å². The fourth-order valence-corrected chi connectivity index (χ4v) is 1.54. The highest BCUT2D eigenvalue weighted by Crippen LogP contribution is 2.27. The van der Waals surface area contributed by atoms with Crippen LogP contribution in [0.5, 0.6) is 5.75 Å². The van der Waals surface area contributed by atoms with Gasteiger partial charge in [-0.15, -0.1) is 0 Å². The number of aryl methyl sites for hydroxylation is 1. The maximum atomic E-state index is 11.4. The Morgan fingerprint density at radius 3 is 3.00 bits per heavy atom. The van der Waals surface area contributed by atoms with Crippen molar-refractivity contribution in [1.29, 1.82) is 0 Å². The zero-order chi connectivity index (χ0) is 11.0. The summed E-state index contributed by atoms with van der Waals surface area (Å²) in [5.41, 5.74) is -0.0487. The average molecular weight is 210 g/mol. The van der Waals surface area contributed by atoms with E-state index in [0.717, 1.165) is 0 Å². The van der Waals surface area contributed by atoms with Gasteiger partial charge in [0.15, 0.2) is 6.10 Å². The molecule has 1 atom stereocenters. The molecule has 1 unspecified atom stereocenters. The van der Waals surface area contributed by atoms with Gasteiger partial charge < -0.3 is 13.9 Å². The van der Waals surface area contributed by atoms with Crippen molar-refractivity contribution in [2.24, 2.45) is 0 Å². The molecule has 1 aliphatic heterocycles. The molecule has 0 spiro atoms. The van der Waals surface area contributed by atoms with Gasteiger partial charge in [0.2, 0.25) is 0 Å². The quantitative estimate of drug-likeness (QED) is 0.628. The van der Waals surface area contributed by atoms with Crippen LogP contribution in [0, 0.1) is 6.92 Å². The number of methoxy groups -OCH3 is 1. The third kappa shape index (κ3) is 1.60.